The van der Waals surface area contributed by atoms with Crippen molar-refractivity contribution in [3.8, 4) is 22.5 Å². The van der Waals surface area contributed by atoms with Gasteiger partial charge in [0, 0.05) is 29.1 Å². The average molecular weight is 488 g/mol. The number of nitrogens with one attached hydrogen (secondary N) is 3. The summed E-state index contributed by atoms with van der Waals surface area (Å²) < 4.78 is 29.1. The molecule has 0 unspecified atom stereocenters. The fourth-order valence-corrected chi connectivity index (χ4v) is 4.25. The van der Waals surface area contributed by atoms with Crippen molar-refractivity contribution in [3.05, 3.63) is 94.3 Å². The summed E-state index contributed by atoms with van der Waals surface area (Å²) >= 11 is 0. The van der Waals surface area contributed by atoms with E-state index >= 15 is 4.39 Å². The fraction of sp³-hybridized carbons (Fsp3) is 0.0769. The van der Waals surface area contributed by atoms with Crippen LogP contribution in [0.1, 0.15) is 42.5 Å². The van der Waals surface area contributed by atoms with Gasteiger partial charge in [0.25, 0.3) is 11.8 Å². The number of amides is 2. The van der Waals surface area contributed by atoms with Crippen LogP contribution >= 0.6 is 0 Å². The van der Waals surface area contributed by atoms with E-state index < -0.39 is 23.5 Å². The number of carbonyl (C=O) groups is 3. The first-order valence-electron chi connectivity index (χ1n) is 10.8. The molecule has 4 aromatic rings. The van der Waals surface area contributed by atoms with E-state index in [2.05, 4.69) is 20.6 Å². The minimum Gasteiger partial charge on any atom is -0.476 e. The second-order valence-corrected chi connectivity index (χ2v) is 8.19. The number of aromatic nitrogens is 2. The van der Waals surface area contributed by atoms with Crippen molar-refractivity contribution in [3.63, 3.8) is 0 Å². The summed E-state index contributed by atoms with van der Waals surface area (Å²) in [5, 5.41) is 14.5. The quantitative estimate of drug-likeness (QED) is 0.329. The smallest absolute Gasteiger partial charge is 0.356 e. The lowest BCUT2D eigenvalue weighted by atomic mass is 9.92. The summed E-state index contributed by atoms with van der Waals surface area (Å²) in [5.41, 5.74) is 2.01. The average Bonchev–Trinajstić information content (AvgIpc) is 3.42. The lowest BCUT2D eigenvalue weighted by molar-refractivity contribution is 0.0690. The van der Waals surface area contributed by atoms with Crippen LogP contribution in [0, 0.1) is 18.6 Å². The number of anilines is 1. The molecule has 36 heavy (non-hydrogen) atoms. The second-order valence-electron chi connectivity index (χ2n) is 8.19. The standard InChI is InChI=1S/C26H18F2N4O4/c1-12-22(26(35)36)32-23(30-12)17-9-8-14(18-11-29-25(34)21(17)18)15-7-6-13(10-20(15)28)31-24(33)16-4-2-3-5-19(16)27/h2-10H,11H2,1H3,(H,29,34)(H,30,32)(H,31,33)(H,35,36). The molecule has 1 aliphatic heterocycles. The number of aromatic carboxylic acids is 1. The zero-order valence-electron chi connectivity index (χ0n) is 18.8. The third-order valence-electron chi connectivity index (χ3n) is 5.94. The molecule has 180 valence electrons. The van der Waals surface area contributed by atoms with E-state index in [0.29, 0.717) is 22.4 Å². The van der Waals surface area contributed by atoms with Crippen LogP contribution in [0.25, 0.3) is 22.5 Å². The van der Waals surface area contributed by atoms with Gasteiger partial charge in [-0.1, -0.05) is 18.2 Å². The Morgan fingerprint density at radius 1 is 1.00 bits per heavy atom. The summed E-state index contributed by atoms with van der Waals surface area (Å²) in [6.45, 7) is 1.71. The van der Waals surface area contributed by atoms with Gasteiger partial charge in [-0.15, -0.1) is 0 Å². The minimum absolute atomic E-state index is 0.138. The molecule has 1 aliphatic rings. The highest BCUT2D eigenvalue weighted by Crippen LogP contribution is 2.37. The molecule has 1 aromatic heterocycles. The molecule has 0 saturated heterocycles. The number of carboxylic acids is 1. The van der Waals surface area contributed by atoms with Crippen molar-refractivity contribution in [2.24, 2.45) is 0 Å². The van der Waals surface area contributed by atoms with Crippen molar-refractivity contribution in [2.45, 2.75) is 13.5 Å². The Balaban J connectivity index is 1.51. The maximum Gasteiger partial charge on any atom is 0.356 e. The van der Waals surface area contributed by atoms with Gasteiger partial charge in [0.05, 0.1) is 11.1 Å². The SMILES string of the molecule is Cc1[nH]c(-c2ccc(-c3ccc(NC(=O)c4ccccc4F)cc3F)c3c2C(=O)NC3)nc1C(=O)O. The number of hydrogen-bond donors (Lipinski definition) is 4. The van der Waals surface area contributed by atoms with Crippen molar-refractivity contribution in [1.82, 2.24) is 15.3 Å². The molecule has 0 aliphatic carbocycles. The van der Waals surface area contributed by atoms with Gasteiger partial charge < -0.3 is 20.7 Å². The molecule has 0 radical (unpaired) electrons. The maximum atomic E-state index is 15.2. The van der Waals surface area contributed by atoms with Crippen LogP contribution in [0.2, 0.25) is 0 Å². The summed E-state index contributed by atoms with van der Waals surface area (Å²) in [4.78, 5) is 43.4. The van der Waals surface area contributed by atoms with Crippen molar-refractivity contribution in [2.75, 3.05) is 5.32 Å². The Labute approximate surface area is 203 Å². The van der Waals surface area contributed by atoms with Gasteiger partial charge in [0.1, 0.15) is 17.5 Å². The Bertz CT molecular complexity index is 1580. The van der Waals surface area contributed by atoms with Crippen LogP contribution in [0.5, 0.6) is 0 Å². The van der Waals surface area contributed by atoms with Crippen LogP contribution < -0.4 is 10.6 Å². The van der Waals surface area contributed by atoms with Crippen LogP contribution in [-0.2, 0) is 6.54 Å². The normalized spacial score (nSPS) is 12.2. The van der Waals surface area contributed by atoms with Crippen molar-refractivity contribution in [1.29, 1.82) is 0 Å². The van der Waals surface area contributed by atoms with Gasteiger partial charge in [-0.05, 0) is 54.4 Å². The number of fused-ring (bicyclic) bond motifs is 1. The van der Waals surface area contributed by atoms with E-state index in [-0.39, 0.29) is 46.3 Å². The number of hydrogen-bond acceptors (Lipinski definition) is 4. The van der Waals surface area contributed by atoms with E-state index in [0.717, 1.165) is 12.1 Å². The van der Waals surface area contributed by atoms with E-state index in [9.17, 15) is 23.9 Å². The van der Waals surface area contributed by atoms with Crippen LogP contribution in [-0.4, -0.2) is 32.9 Å². The molecule has 4 N–H and O–H groups in total. The molecular weight excluding hydrogens is 470 g/mol. The number of H-pyrrole nitrogens is 1. The first-order chi connectivity index (χ1) is 17.2. The predicted octanol–water partition coefficient (Wildman–Crippen LogP) is 4.52. The molecule has 10 heteroatoms. The molecule has 0 spiro atoms. The number of nitrogens with zero attached hydrogens (tertiary/aromatic N) is 1. The number of benzene rings is 3. The molecule has 2 amide bonds. The molecule has 0 fully saturated rings. The maximum absolute atomic E-state index is 15.2. The molecule has 5 rings (SSSR count). The van der Waals surface area contributed by atoms with Gasteiger partial charge in [-0.3, -0.25) is 9.59 Å². The molecular formula is C26H18F2N4O4. The third-order valence-corrected chi connectivity index (χ3v) is 5.94. The van der Waals surface area contributed by atoms with Gasteiger partial charge in [0.15, 0.2) is 5.69 Å². The van der Waals surface area contributed by atoms with Gasteiger partial charge in [0.2, 0.25) is 0 Å². The number of aryl methyl sites for hydroxylation is 1. The molecule has 0 saturated carbocycles. The summed E-state index contributed by atoms with van der Waals surface area (Å²) in [6, 6.07) is 12.7. The number of rotatable bonds is 5. The van der Waals surface area contributed by atoms with Crippen molar-refractivity contribution < 1.29 is 28.3 Å². The van der Waals surface area contributed by atoms with E-state index in [1.165, 1.54) is 30.3 Å². The lowest BCUT2D eigenvalue weighted by Gasteiger charge is -2.13. The van der Waals surface area contributed by atoms with Gasteiger partial charge >= 0.3 is 5.97 Å². The molecule has 0 bridgehead atoms. The Kier molecular flexibility index (Phi) is 5.56. The first-order valence-corrected chi connectivity index (χ1v) is 10.8. The first kappa shape index (κ1) is 22.9. The zero-order valence-corrected chi connectivity index (χ0v) is 18.8. The number of carbonyl (C=O) groups excluding carboxylic acids is 2. The largest absolute Gasteiger partial charge is 0.476 e. The number of halogens is 2. The third kappa shape index (κ3) is 3.88. The molecule has 8 nitrogen and oxygen atoms in total. The number of carboxylic acid groups (broad SMARTS) is 1. The lowest BCUT2D eigenvalue weighted by Crippen LogP contribution is -2.13. The predicted molar refractivity (Wildman–Crippen MR) is 127 cm³/mol. The minimum atomic E-state index is -1.20. The highest BCUT2D eigenvalue weighted by atomic mass is 19.1. The number of aromatic amines is 1. The highest BCUT2D eigenvalue weighted by molar-refractivity contribution is 6.07. The van der Waals surface area contributed by atoms with Gasteiger partial charge in [-0.2, -0.15) is 0 Å². The molecule has 2 heterocycles. The molecule has 0 atom stereocenters. The Morgan fingerprint density at radius 2 is 1.72 bits per heavy atom. The monoisotopic (exact) mass is 488 g/mol. The van der Waals surface area contributed by atoms with Crippen LogP contribution in [0.3, 0.4) is 0 Å². The summed E-state index contributed by atoms with van der Waals surface area (Å²) in [6.07, 6.45) is 0. The van der Waals surface area contributed by atoms with Crippen molar-refractivity contribution >= 4 is 23.5 Å². The van der Waals surface area contributed by atoms with Crippen LogP contribution in [0.4, 0.5) is 14.5 Å². The van der Waals surface area contributed by atoms with E-state index in [4.69, 9.17) is 0 Å². The number of imidazole rings is 1. The zero-order chi connectivity index (χ0) is 25.6. The highest BCUT2D eigenvalue weighted by Gasteiger charge is 2.29. The second kappa shape index (κ2) is 8.73. The topological polar surface area (TPSA) is 124 Å². The molecule has 3 aromatic carbocycles. The van der Waals surface area contributed by atoms with E-state index in [1.54, 1.807) is 19.1 Å². The Morgan fingerprint density at radius 3 is 2.42 bits per heavy atom. The Hall–Kier alpha value is -4.86. The summed E-state index contributed by atoms with van der Waals surface area (Å²) in [5.74, 6) is -3.43. The fourth-order valence-electron chi connectivity index (χ4n) is 4.25. The van der Waals surface area contributed by atoms with Gasteiger partial charge in [-0.25, -0.2) is 18.6 Å². The van der Waals surface area contributed by atoms with E-state index in [1.807, 2.05) is 0 Å². The summed E-state index contributed by atoms with van der Waals surface area (Å²) in [7, 11) is 0. The van der Waals surface area contributed by atoms with Crippen LogP contribution in [0.15, 0.2) is 54.6 Å².